The number of rotatable bonds is 6. The number of hydrogen-bond acceptors (Lipinski definition) is 4. The maximum absolute atomic E-state index is 4.93. The molecule has 1 saturated carbocycles. The largest absolute Gasteiger partial charge is 0.369 e. The number of aromatic nitrogens is 2. The number of piperazine rings is 1. The molecule has 2 atom stereocenters. The van der Waals surface area contributed by atoms with Gasteiger partial charge in [0.2, 0.25) is 0 Å². The molecule has 1 aromatic heterocycles. The van der Waals surface area contributed by atoms with Crippen molar-refractivity contribution in [2.24, 2.45) is 13.0 Å². The van der Waals surface area contributed by atoms with Crippen LogP contribution < -0.4 is 10.2 Å². The number of aryl methyl sites for hydroxylation is 1. The molecule has 5 nitrogen and oxygen atoms in total. The van der Waals surface area contributed by atoms with Gasteiger partial charge < -0.3 is 10.2 Å². The summed E-state index contributed by atoms with van der Waals surface area (Å²) in [6.45, 7) is 15.3. The van der Waals surface area contributed by atoms with Crippen LogP contribution in [0.1, 0.15) is 76.3 Å². The van der Waals surface area contributed by atoms with Crippen LogP contribution in [0.3, 0.4) is 0 Å². The van der Waals surface area contributed by atoms with Gasteiger partial charge in [0.15, 0.2) is 0 Å². The van der Waals surface area contributed by atoms with Gasteiger partial charge in [-0.05, 0) is 56.7 Å². The van der Waals surface area contributed by atoms with Crippen LogP contribution in [0.2, 0.25) is 0 Å². The number of nitrogens with one attached hydrogen (secondary N) is 1. The molecular formula is C29H43N5. The molecule has 1 aromatic carbocycles. The van der Waals surface area contributed by atoms with Gasteiger partial charge in [0.25, 0.3) is 0 Å². The summed E-state index contributed by atoms with van der Waals surface area (Å²) in [4.78, 5) is 5.27. The highest BCUT2D eigenvalue weighted by atomic mass is 15.3. The average molecular weight is 462 g/mol. The fourth-order valence-electron chi connectivity index (χ4n) is 6.46. The SMILES string of the molecule is C=C1CCC(c2nn(C)c3cc(N4CCN(C(C)CCC5CCCCC5)CC4)ccc23)C(=C)N1. The highest BCUT2D eigenvalue weighted by Gasteiger charge is 2.27. The summed E-state index contributed by atoms with van der Waals surface area (Å²) in [7, 11) is 2.07. The van der Waals surface area contributed by atoms with Crippen molar-refractivity contribution in [3.05, 3.63) is 48.4 Å². The van der Waals surface area contributed by atoms with Crippen LogP contribution in [-0.2, 0) is 7.05 Å². The third kappa shape index (κ3) is 4.91. The predicted octanol–water partition coefficient (Wildman–Crippen LogP) is 5.94. The van der Waals surface area contributed by atoms with Crippen molar-refractivity contribution < 1.29 is 0 Å². The third-order valence-corrected chi connectivity index (χ3v) is 8.71. The molecule has 1 aliphatic carbocycles. The Morgan fingerprint density at radius 3 is 2.56 bits per heavy atom. The highest BCUT2D eigenvalue weighted by molar-refractivity contribution is 5.86. The van der Waals surface area contributed by atoms with Gasteiger partial charge in [0, 0.05) is 67.7 Å². The van der Waals surface area contributed by atoms with Crippen LogP contribution in [0.5, 0.6) is 0 Å². The monoisotopic (exact) mass is 461 g/mol. The van der Waals surface area contributed by atoms with Crippen LogP contribution in [0, 0.1) is 5.92 Å². The number of piperidine rings is 1. The van der Waals surface area contributed by atoms with Crippen molar-refractivity contribution in [1.29, 1.82) is 0 Å². The van der Waals surface area contributed by atoms with Gasteiger partial charge in [-0.1, -0.05) is 45.3 Å². The van der Waals surface area contributed by atoms with Crippen LogP contribution in [-0.4, -0.2) is 46.9 Å². The predicted molar refractivity (Wildman–Crippen MR) is 143 cm³/mol. The fraction of sp³-hybridized carbons (Fsp3) is 0.621. The molecule has 0 radical (unpaired) electrons. The summed E-state index contributed by atoms with van der Waals surface area (Å²) >= 11 is 0. The molecule has 184 valence electrons. The van der Waals surface area contributed by atoms with E-state index in [-0.39, 0.29) is 5.92 Å². The van der Waals surface area contributed by atoms with E-state index < -0.39 is 0 Å². The lowest BCUT2D eigenvalue weighted by Crippen LogP contribution is -2.49. The Bertz CT molecular complexity index is 1020. The maximum Gasteiger partial charge on any atom is 0.0792 e. The van der Waals surface area contributed by atoms with Crippen LogP contribution in [0.4, 0.5) is 5.69 Å². The normalized spacial score (nSPS) is 23.9. The molecule has 34 heavy (non-hydrogen) atoms. The minimum Gasteiger partial charge on any atom is -0.369 e. The van der Waals surface area contributed by atoms with Crippen molar-refractivity contribution in [2.45, 2.75) is 76.7 Å². The zero-order chi connectivity index (χ0) is 23.7. The first-order valence-corrected chi connectivity index (χ1v) is 13.6. The number of fused-ring (bicyclic) bond motifs is 1. The Morgan fingerprint density at radius 1 is 1.06 bits per heavy atom. The van der Waals surface area contributed by atoms with Gasteiger partial charge in [0.05, 0.1) is 11.2 Å². The molecular weight excluding hydrogens is 418 g/mol. The first kappa shape index (κ1) is 23.5. The minimum absolute atomic E-state index is 0.249. The van der Waals surface area contributed by atoms with Crippen LogP contribution in [0.25, 0.3) is 10.9 Å². The van der Waals surface area contributed by atoms with Gasteiger partial charge in [-0.3, -0.25) is 9.58 Å². The zero-order valence-electron chi connectivity index (χ0n) is 21.4. The molecule has 2 aromatic rings. The summed E-state index contributed by atoms with van der Waals surface area (Å²) in [5, 5.41) is 9.53. The molecule has 2 unspecified atom stereocenters. The zero-order valence-corrected chi connectivity index (χ0v) is 21.4. The van der Waals surface area contributed by atoms with E-state index >= 15 is 0 Å². The second kappa shape index (κ2) is 10.2. The number of nitrogens with zero attached hydrogens (tertiary/aromatic N) is 4. The quantitative estimate of drug-likeness (QED) is 0.578. The molecule has 3 heterocycles. The van der Waals surface area contributed by atoms with Crippen LogP contribution >= 0.6 is 0 Å². The lowest BCUT2D eigenvalue weighted by Gasteiger charge is -2.39. The average Bonchev–Trinajstić information content (AvgIpc) is 3.19. The van der Waals surface area contributed by atoms with Crippen molar-refractivity contribution in [1.82, 2.24) is 20.0 Å². The minimum atomic E-state index is 0.249. The Labute approximate surface area is 205 Å². The van der Waals surface area contributed by atoms with Gasteiger partial charge in [-0.2, -0.15) is 5.10 Å². The van der Waals surface area contributed by atoms with Crippen molar-refractivity contribution in [3.8, 4) is 0 Å². The first-order valence-electron chi connectivity index (χ1n) is 13.6. The first-order chi connectivity index (χ1) is 16.5. The molecule has 1 N–H and O–H groups in total. The van der Waals surface area contributed by atoms with Gasteiger partial charge in [-0.25, -0.2) is 0 Å². The summed E-state index contributed by atoms with van der Waals surface area (Å²) < 4.78 is 2.05. The fourth-order valence-corrected chi connectivity index (χ4v) is 6.46. The topological polar surface area (TPSA) is 36.3 Å². The van der Waals surface area contributed by atoms with Gasteiger partial charge in [-0.15, -0.1) is 0 Å². The van der Waals surface area contributed by atoms with E-state index in [2.05, 4.69) is 65.1 Å². The third-order valence-electron chi connectivity index (χ3n) is 8.71. The lowest BCUT2D eigenvalue weighted by atomic mass is 9.85. The van der Waals surface area contributed by atoms with Gasteiger partial charge in [0.1, 0.15) is 0 Å². The number of hydrogen-bond donors (Lipinski definition) is 1. The Morgan fingerprint density at radius 2 is 1.82 bits per heavy atom. The summed E-state index contributed by atoms with van der Waals surface area (Å²) in [6, 6.07) is 7.63. The van der Waals surface area contributed by atoms with E-state index in [1.165, 1.54) is 61.5 Å². The van der Waals surface area contributed by atoms with Crippen molar-refractivity contribution >= 4 is 16.6 Å². The number of anilines is 1. The smallest absolute Gasteiger partial charge is 0.0792 e. The Kier molecular flexibility index (Phi) is 7.01. The summed E-state index contributed by atoms with van der Waals surface area (Å²) in [5.74, 6) is 1.24. The van der Waals surface area contributed by atoms with E-state index in [1.807, 2.05) is 0 Å². The molecule has 0 spiro atoms. The number of allylic oxidation sites excluding steroid dienone is 2. The second-order valence-electron chi connectivity index (χ2n) is 11.0. The Hall–Kier alpha value is -2.27. The van der Waals surface area contributed by atoms with Crippen molar-refractivity contribution in [2.75, 3.05) is 31.1 Å². The van der Waals surface area contributed by atoms with E-state index in [4.69, 9.17) is 5.10 Å². The maximum atomic E-state index is 4.93. The van der Waals surface area contributed by atoms with E-state index in [0.29, 0.717) is 6.04 Å². The molecule has 5 rings (SSSR count). The number of benzene rings is 1. The molecule has 0 amide bonds. The van der Waals surface area contributed by atoms with Crippen LogP contribution in [0.15, 0.2) is 42.8 Å². The molecule has 3 aliphatic rings. The standard InChI is InChI=1S/C29H43N5/c1-21-10-14-26(23(3)30-21)29-27-15-13-25(20-28(27)32(4)31-29)34-18-16-33(17-19-34)22(2)11-12-24-8-6-5-7-9-24/h13,15,20,22,24,26,30H,1,3,5-12,14,16-19H2,2,4H3. The van der Waals surface area contributed by atoms with Crippen molar-refractivity contribution in [3.63, 3.8) is 0 Å². The van der Waals surface area contributed by atoms with E-state index in [9.17, 15) is 0 Å². The highest BCUT2D eigenvalue weighted by Crippen LogP contribution is 2.37. The summed E-state index contributed by atoms with van der Waals surface area (Å²) in [6.07, 6.45) is 12.1. The van der Waals surface area contributed by atoms with Gasteiger partial charge >= 0.3 is 0 Å². The van der Waals surface area contributed by atoms with E-state index in [0.717, 1.165) is 62.0 Å². The lowest BCUT2D eigenvalue weighted by molar-refractivity contribution is 0.175. The molecule has 2 saturated heterocycles. The molecule has 2 aliphatic heterocycles. The molecule has 3 fully saturated rings. The Balaban J connectivity index is 1.21. The second-order valence-corrected chi connectivity index (χ2v) is 11.0. The molecule has 5 heteroatoms. The van der Waals surface area contributed by atoms with E-state index in [1.54, 1.807) is 0 Å². The summed E-state index contributed by atoms with van der Waals surface area (Å²) in [5.41, 5.74) is 5.77. The molecule has 0 bridgehead atoms.